The van der Waals surface area contributed by atoms with Crippen LogP contribution < -0.4 is 20.7 Å². The average molecular weight is 518 g/mol. The van der Waals surface area contributed by atoms with Crippen LogP contribution in [0.25, 0.3) is 10.9 Å². The molecule has 3 unspecified atom stereocenters. The van der Waals surface area contributed by atoms with Crippen LogP contribution in [-0.2, 0) is 9.59 Å². The maximum absolute atomic E-state index is 15.2. The van der Waals surface area contributed by atoms with Crippen molar-refractivity contribution in [2.24, 2.45) is 11.8 Å². The summed E-state index contributed by atoms with van der Waals surface area (Å²) in [4.78, 5) is 41.1. The van der Waals surface area contributed by atoms with Crippen LogP contribution in [0.15, 0.2) is 12.1 Å². The van der Waals surface area contributed by atoms with E-state index in [0.29, 0.717) is 18.4 Å². The van der Waals surface area contributed by atoms with E-state index < -0.39 is 35.6 Å². The van der Waals surface area contributed by atoms with Gasteiger partial charge in [-0.2, -0.15) is 5.26 Å². The molecule has 1 aromatic carbocycles. The first-order valence-electron chi connectivity index (χ1n) is 11.9. The lowest BCUT2D eigenvalue weighted by atomic mass is 9.92. The molecule has 9 nitrogen and oxygen atoms in total. The number of nitriles is 1. The molecule has 0 radical (unpaired) electrons. The van der Waals surface area contributed by atoms with Crippen molar-refractivity contribution in [3.8, 4) is 11.8 Å². The van der Waals surface area contributed by atoms with E-state index in [1.165, 1.54) is 19.2 Å². The fourth-order valence-corrected chi connectivity index (χ4v) is 5.02. The molecule has 3 amide bonds. The highest BCUT2D eigenvalue weighted by Crippen LogP contribution is 2.37. The van der Waals surface area contributed by atoms with Gasteiger partial charge in [0.05, 0.1) is 29.1 Å². The van der Waals surface area contributed by atoms with Crippen LogP contribution in [0.5, 0.6) is 5.75 Å². The quantitative estimate of drug-likeness (QED) is 0.405. The number of benzene rings is 1. The summed E-state index contributed by atoms with van der Waals surface area (Å²) in [6.07, 6.45) is 2.93. The lowest BCUT2D eigenvalue weighted by Crippen LogP contribution is -2.50. The Morgan fingerprint density at radius 1 is 1.31 bits per heavy atom. The third-order valence-electron chi connectivity index (χ3n) is 6.71. The first-order valence-corrected chi connectivity index (χ1v) is 12.3. The van der Waals surface area contributed by atoms with Gasteiger partial charge in [0.2, 0.25) is 11.8 Å². The molecule has 1 aliphatic heterocycles. The molecule has 1 saturated carbocycles. The Bertz CT molecular complexity index is 1250. The van der Waals surface area contributed by atoms with E-state index in [4.69, 9.17) is 16.3 Å². The third kappa shape index (κ3) is 5.41. The zero-order valence-electron chi connectivity index (χ0n) is 20.3. The maximum atomic E-state index is 15.2. The van der Waals surface area contributed by atoms with Crippen molar-refractivity contribution in [2.45, 2.75) is 63.6 Å². The predicted octanol–water partition coefficient (Wildman–Crippen LogP) is 3.18. The Labute approximate surface area is 213 Å². The van der Waals surface area contributed by atoms with Crippen molar-refractivity contribution in [1.29, 1.82) is 5.26 Å². The third-order valence-corrected chi connectivity index (χ3v) is 7.01. The van der Waals surface area contributed by atoms with Gasteiger partial charge in [-0.05, 0) is 51.2 Å². The number of rotatable bonds is 9. The number of H-pyrrole nitrogens is 1. The molecule has 4 rings (SSSR count). The average Bonchev–Trinajstić information content (AvgIpc) is 3.52. The largest absolute Gasteiger partial charge is 0.494 e. The van der Waals surface area contributed by atoms with E-state index in [1.54, 1.807) is 0 Å². The number of fused-ring (bicyclic) bond motifs is 1. The van der Waals surface area contributed by atoms with E-state index in [9.17, 15) is 19.6 Å². The second-order valence-electron chi connectivity index (χ2n) is 10.2. The molecule has 1 aliphatic carbocycles. The number of carbonyl (C=O) groups excluding carboxylic acids is 3. The lowest BCUT2D eigenvalue weighted by molar-refractivity contribution is -0.125. The maximum Gasteiger partial charge on any atom is 0.271 e. The van der Waals surface area contributed by atoms with E-state index in [1.807, 2.05) is 19.9 Å². The molecule has 0 bridgehead atoms. The Morgan fingerprint density at radius 3 is 2.61 bits per heavy atom. The van der Waals surface area contributed by atoms with Crippen molar-refractivity contribution >= 4 is 40.2 Å². The van der Waals surface area contributed by atoms with Crippen LogP contribution in [0.1, 0.15) is 56.4 Å². The minimum Gasteiger partial charge on any atom is -0.494 e. The molecule has 1 aromatic heterocycles. The fraction of sp³-hybridized carbons (Fsp3) is 0.520. The summed E-state index contributed by atoms with van der Waals surface area (Å²) in [7, 11) is 1.35. The van der Waals surface area contributed by atoms with Crippen LogP contribution in [0.4, 0.5) is 4.39 Å². The Balaban J connectivity index is 1.49. The van der Waals surface area contributed by atoms with Gasteiger partial charge in [0.15, 0.2) is 5.82 Å². The standard InChI is InChI=1S/C25H29ClFN5O4/c1-25(2)10-13(22(33)32-25)9-14(11-28)29-23(34)17(8-12-4-5-12)31-24(35)20-19(27)18-16(30-20)7-6-15(26)21(18)36-3/h6-7,12-14,17,30H,4-5,8-10H2,1-3H3,(H,29,34)(H,31,35)(H,32,33). The van der Waals surface area contributed by atoms with Gasteiger partial charge in [-0.25, -0.2) is 4.39 Å². The summed E-state index contributed by atoms with van der Waals surface area (Å²) < 4.78 is 20.4. The number of aromatic amines is 1. The SMILES string of the molecule is COc1c(Cl)ccc2[nH]c(C(=O)NC(CC3CC3)C(=O)NC(C#N)CC3CC(C)(C)NC3=O)c(F)c12. The Morgan fingerprint density at radius 2 is 2.03 bits per heavy atom. The van der Waals surface area contributed by atoms with Gasteiger partial charge in [0.25, 0.3) is 5.91 Å². The number of hydrogen-bond donors (Lipinski definition) is 4. The zero-order valence-corrected chi connectivity index (χ0v) is 21.1. The van der Waals surface area contributed by atoms with Crippen molar-refractivity contribution < 1.29 is 23.5 Å². The van der Waals surface area contributed by atoms with E-state index in [0.717, 1.165) is 12.8 Å². The number of halogens is 2. The van der Waals surface area contributed by atoms with Crippen LogP contribution >= 0.6 is 11.6 Å². The molecular weight excluding hydrogens is 489 g/mol. The van der Waals surface area contributed by atoms with Gasteiger partial charge in [0.1, 0.15) is 23.5 Å². The second-order valence-corrected chi connectivity index (χ2v) is 10.6. The Hall–Kier alpha value is -3.32. The molecule has 2 heterocycles. The summed E-state index contributed by atoms with van der Waals surface area (Å²) in [5.74, 6) is -2.37. The van der Waals surface area contributed by atoms with Crippen LogP contribution in [-0.4, -0.2) is 47.4 Å². The smallest absolute Gasteiger partial charge is 0.271 e. The number of methoxy groups -OCH3 is 1. The molecule has 0 spiro atoms. The normalized spacial score (nSPS) is 20.3. The first kappa shape index (κ1) is 25.8. The minimum atomic E-state index is -0.967. The fourth-order valence-electron chi connectivity index (χ4n) is 4.79. The number of aromatic nitrogens is 1. The summed E-state index contributed by atoms with van der Waals surface area (Å²) in [5.41, 5.74) is -0.393. The molecule has 2 aromatic rings. The van der Waals surface area contributed by atoms with Crippen molar-refractivity contribution in [2.75, 3.05) is 7.11 Å². The topological polar surface area (TPSA) is 136 Å². The zero-order chi connectivity index (χ0) is 26.2. The van der Waals surface area contributed by atoms with Crippen molar-refractivity contribution in [1.82, 2.24) is 20.9 Å². The molecule has 3 atom stereocenters. The van der Waals surface area contributed by atoms with Gasteiger partial charge >= 0.3 is 0 Å². The number of nitrogens with zero attached hydrogens (tertiary/aromatic N) is 1. The van der Waals surface area contributed by atoms with E-state index in [2.05, 4.69) is 20.9 Å². The highest BCUT2D eigenvalue weighted by molar-refractivity contribution is 6.33. The molecule has 1 saturated heterocycles. The summed E-state index contributed by atoms with van der Waals surface area (Å²) in [6, 6.07) is 3.23. The molecule has 11 heteroatoms. The van der Waals surface area contributed by atoms with Crippen LogP contribution in [0, 0.1) is 29.0 Å². The van der Waals surface area contributed by atoms with Crippen molar-refractivity contribution in [3.63, 3.8) is 0 Å². The van der Waals surface area contributed by atoms with Crippen LogP contribution in [0.2, 0.25) is 5.02 Å². The molecule has 2 fully saturated rings. The second kappa shape index (κ2) is 9.97. The van der Waals surface area contributed by atoms with Crippen molar-refractivity contribution in [3.05, 3.63) is 28.7 Å². The first-order chi connectivity index (χ1) is 17.0. The van der Waals surface area contributed by atoms with Gasteiger partial charge in [-0.15, -0.1) is 0 Å². The number of ether oxygens (including phenoxy) is 1. The Kier molecular flexibility index (Phi) is 7.14. The lowest BCUT2D eigenvalue weighted by Gasteiger charge is -2.21. The van der Waals surface area contributed by atoms with Gasteiger partial charge in [-0.1, -0.05) is 24.4 Å². The molecule has 4 N–H and O–H groups in total. The molecular formula is C25H29ClFN5O4. The number of nitrogens with one attached hydrogen (secondary N) is 4. The molecule has 192 valence electrons. The van der Waals surface area contributed by atoms with Gasteiger partial charge in [-0.3, -0.25) is 14.4 Å². The highest BCUT2D eigenvalue weighted by atomic mass is 35.5. The molecule has 36 heavy (non-hydrogen) atoms. The number of hydrogen-bond acceptors (Lipinski definition) is 5. The number of carbonyl (C=O) groups is 3. The van der Waals surface area contributed by atoms with Gasteiger partial charge in [0, 0.05) is 11.5 Å². The van der Waals surface area contributed by atoms with Gasteiger partial charge < -0.3 is 25.7 Å². The van der Waals surface area contributed by atoms with Crippen LogP contribution in [0.3, 0.4) is 0 Å². The summed E-state index contributed by atoms with van der Waals surface area (Å²) in [6.45, 7) is 3.80. The predicted molar refractivity (Wildman–Crippen MR) is 131 cm³/mol. The number of amides is 3. The van der Waals surface area contributed by atoms with E-state index in [-0.39, 0.29) is 45.6 Å². The minimum absolute atomic E-state index is 0.0423. The van der Waals surface area contributed by atoms with E-state index >= 15 is 4.39 Å². The summed E-state index contributed by atoms with van der Waals surface area (Å²) in [5, 5.41) is 18.0. The molecule has 2 aliphatic rings. The summed E-state index contributed by atoms with van der Waals surface area (Å²) >= 11 is 6.09. The monoisotopic (exact) mass is 517 g/mol. The highest BCUT2D eigenvalue weighted by Gasteiger charge is 2.39.